The van der Waals surface area contributed by atoms with Crippen molar-refractivity contribution in [2.24, 2.45) is 0 Å². The summed E-state index contributed by atoms with van der Waals surface area (Å²) in [5.74, 6) is -9.89. The van der Waals surface area contributed by atoms with Gasteiger partial charge in [-0.15, -0.1) is 0 Å². The SMILES string of the molecule is Cc1cc(C)c(OCC(=O)Nc2ccc(N3CCN(c4c(F)c(F)c(F)c(F)c4F)CC3)c(Cl)c2)c(Cl)c1. The fourth-order valence-corrected chi connectivity index (χ4v) is 4.98. The number of hydrogen-bond donors (Lipinski definition) is 1. The number of amides is 1. The van der Waals surface area contributed by atoms with Crippen LogP contribution in [0.3, 0.4) is 0 Å². The number of piperazine rings is 1. The molecular formula is C26H22Cl2F5N3O2. The Labute approximate surface area is 225 Å². The monoisotopic (exact) mass is 573 g/mol. The zero-order chi connectivity index (χ0) is 27.7. The Bertz CT molecular complexity index is 1350. The second-order valence-electron chi connectivity index (χ2n) is 8.79. The molecule has 0 bridgehead atoms. The average Bonchev–Trinajstić information content (AvgIpc) is 2.86. The van der Waals surface area contributed by atoms with Gasteiger partial charge in [0, 0.05) is 31.9 Å². The van der Waals surface area contributed by atoms with E-state index in [0.717, 1.165) is 16.0 Å². The highest BCUT2D eigenvalue weighted by Crippen LogP contribution is 2.34. The zero-order valence-corrected chi connectivity index (χ0v) is 21.8. The van der Waals surface area contributed by atoms with Gasteiger partial charge in [0.1, 0.15) is 11.4 Å². The van der Waals surface area contributed by atoms with Gasteiger partial charge in [-0.3, -0.25) is 4.79 Å². The molecule has 1 heterocycles. The highest BCUT2D eigenvalue weighted by Gasteiger charge is 2.31. The van der Waals surface area contributed by atoms with E-state index in [0.29, 0.717) is 27.2 Å². The summed E-state index contributed by atoms with van der Waals surface area (Å²) in [5, 5.41) is 3.39. The van der Waals surface area contributed by atoms with Gasteiger partial charge in [-0.1, -0.05) is 29.3 Å². The Morgan fingerprint density at radius 3 is 2.00 bits per heavy atom. The minimum absolute atomic E-state index is 0.00844. The van der Waals surface area contributed by atoms with Crippen LogP contribution in [0.4, 0.5) is 39.0 Å². The predicted molar refractivity (Wildman–Crippen MR) is 137 cm³/mol. The van der Waals surface area contributed by atoms with E-state index in [1.807, 2.05) is 24.8 Å². The fraction of sp³-hybridized carbons (Fsp3) is 0.269. The van der Waals surface area contributed by atoms with Crippen LogP contribution in [0, 0.1) is 42.9 Å². The van der Waals surface area contributed by atoms with Crippen molar-refractivity contribution in [3.63, 3.8) is 0 Å². The highest BCUT2D eigenvalue weighted by molar-refractivity contribution is 6.33. The van der Waals surface area contributed by atoms with Crippen molar-refractivity contribution in [2.75, 3.05) is 47.9 Å². The molecule has 0 spiro atoms. The maximum atomic E-state index is 14.2. The lowest BCUT2D eigenvalue weighted by Crippen LogP contribution is -2.47. The van der Waals surface area contributed by atoms with Crippen LogP contribution in [0.1, 0.15) is 11.1 Å². The predicted octanol–water partition coefficient (Wildman–Crippen LogP) is 6.65. The van der Waals surface area contributed by atoms with Crippen LogP contribution < -0.4 is 19.9 Å². The maximum absolute atomic E-state index is 14.2. The Kier molecular flexibility index (Phi) is 8.22. The first-order chi connectivity index (χ1) is 18.0. The Morgan fingerprint density at radius 1 is 0.842 bits per heavy atom. The number of nitrogens with one attached hydrogen (secondary N) is 1. The molecule has 4 rings (SSSR count). The molecule has 38 heavy (non-hydrogen) atoms. The van der Waals surface area contributed by atoms with Crippen LogP contribution in [-0.4, -0.2) is 38.7 Å². The van der Waals surface area contributed by atoms with E-state index in [1.54, 1.807) is 18.2 Å². The molecule has 1 amide bonds. The summed E-state index contributed by atoms with van der Waals surface area (Å²) >= 11 is 12.6. The summed E-state index contributed by atoms with van der Waals surface area (Å²) in [4.78, 5) is 15.3. The summed E-state index contributed by atoms with van der Waals surface area (Å²) in [6.45, 7) is 3.84. The van der Waals surface area contributed by atoms with Gasteiger partial charge in [0.25, 0.3) is 5.91 Å². The molecular weight excluding hydrogens is 552 g/mol. The lowest BCUT2D eigenvalue weighted by atomic mass is 10.1. The van der Waals surface area contributed by atoms with Gasteiger partial charge in [0.05, 0.1) is 15.7 Å². The molecule has 0 aliphatic carbocycles. The first-order valence-corrected chi connectivity index (χ1v) is 12.2. The molecule has 3 aromatic carbocycles. The molecule has 0 atom stereocenters. The molecule has 0 radical (unpaired) electrons. The molecule has 1 fully saturated rings. The van der Waals surface area contributed by atoms with Crippen LogP contribution in [0.25, 0.3) is 0 Å². The summed E-state index contributed by atoms with van der Waals surface area (Å²) < 4.78 is 74.5. The van der Waals surface area contributed by atoms with Gasteiger partial charge in [-0.05, 0) is 49.2 Å². The van der Waals surface area contributed by atoms with Gasteiger partial charge in [-0.25, -0.2) is 22.0 Å². The number of carbonyl (C=O) groups is 1. The Morgan fingerprint density at radius 2 is 1.42 bits per heavy atom. The van der Waals surface area contributed by atoms with Crippen molar-refractivity contribution >= 4 is 46.2 Å². The molecule has 5 nitrogen and oxygen atoms in total. The second kappa shape index (κ2) is 11.2. The average molecular weight is 574 g/mol. The smallest absolute Gasteiger partial charge is 0.262 e. The van der Waals surface area contributed by atoms with Crippen molar-refractivity contribution in [2.45, 2.75) is 13.8 Å². The first kappa shape index (κ1) is 27.8. The van der Waals surface area contributed by atoms with Crippen molar-refractivity contribution in [3.05, 3.63) is 80.6 Å². The van der Waals surface area contributed by atoms with Crippen LogP contribution in [0.2, 0.25) is 10.0 Å². The zero-order valence-electron chi connectivity index (χ0n) is 20.3. The van der Waals surface area contributed by atoms with E-state index in [1.165, 1.54) is 6.07 Å². The van der Waals surface area contributed by atoms with E-state index in [4.69, 9.17) is 27.9 Å². The highest BCUT2D eigenvalue weighted by atomic mass is 35.5. The van der Waals surface area contributed by atoms with E-state index >= 15 is 0 Å². The molecule has 3 aromatic rings. The maximum Gasteiger partial charge on any atom is 0.262 e. The Hall–Kier alpha value is -3.24. The van der Waals surface area contributed by atoms with Crippen LogP contribution in [0.5, 0.6) is 5.75 Å². The van der Waals surface area contributed by atoms with Crippen LogP contribution in [0.15, 0.2) is 30.3 Å². The van der Waals surface area contributed by atoms with E-state index in [9.17, 15) is 26.7 Å². The number of rotatable bonds is 6. The number of anilines is 3. The molecule has 12 heteroatoms. The number of ether oxygens (including phenoxy) is 1. The molecule has 0 aromatic heterocycles. The van der Waals surface area contributed by atoms with Crippen LogP contribution >= 0.6 is 23.2 Å². The normalized spacial score (nSPS) is 13.6. The molecule has 1 aliphatic rings. The third-order valence-corrected chi connectivity index (χ3v) is 6.66. The molecule has 202 valence electrons. The van der Waals surface area contributed by atoms with Gasteiger partial charge in [0.2, 0.25) is 5.82 Å². The summed E-state index contributed by atoms with van der Waals surface area (Å²) in [6, 6.07) is 8.45. The number of carbonyl (C=O) groups excluding carboxylic acids is 1. The summed E-state index contributed by atoms with van der Waals surface area (Å²) in [7, 11) is 0. The minimum atomic E-state index is -2.19. The molecule has 1 N–H and O–H groups in total. The standard InChI is InChI=1S/C26H22Cl2F5N3O2/c1-13-9-14(2)26(17(28)10-13)38-12-19(37)34-15-3-4-18(16(27)11-15)35-5-7-36(8-6-35)25-23(32)21(30)20(29)22(31)24(25)33/h3-4,9-11H,5-8,12H2,1-2H3,(H,34,37). The minimum Gasteiger partial charge on any atom is -0.482 e. The third kappa shape index (κ3) is 5.61. The van der Waals surface area contributed by atoms with Gasteiger partial charge < -0.3 is 19.9 Å². The number of benzene rings is 3. The fourth-order valence-electron chi connectivity index (χ4n) is 4.30. The van der Waals surface area contributed by atoms with Crippen molar-refractivity contribution in [1.82, 2.24) is 0 Å². The summed E-state index contributed by atoms with van der Waals surface area (Å²) in [6.07, 6.45) is 0. The lowest BCUT2D eigenvalue weighted by Gasteiger charge is -2.38. The van der Waals surface area contributed by atoms with Gasteiger partial charge >= 0.3 is 0 Å². The van der Waals surface area contributed by atoms with Crippen molar-refractivity contribution < 1.29 is 31.5 Å². The number of halogens is 7. The largest absolute Gasteiger partial charge is 0.482 e. The molecule has 0 saturated carbocycles. The topological polar surface area (TPSA) is 44.8 Å². The second-order valence-corrected chi connectivity index (χ2v) is 9.60. The van der Waals surface area contributed by atoms with Crippen molar-refractivity contribution in [1.29, 1.82) is 0 Å². The first-order valence-electron chi connectivity index (χ1n) is 11.5. The summed E-state index contributed by atoms with van der Waals surface area (Å²) in [5.41, 5.74) is 1.82. The van der Waals surface area contributed by atoms with Crippen molar-refractivity contribution in [3.8, 4) is 5.75 Å². The number of hydrogen-bond acceptors (Lipinski definition) is 4. The van der Waals surface area contributed by atoms with Gasteiger partial charge in [-0.2, -0.15) is 0 Å². The van der Waals surface area contributed by atoms with Gasteiger partial charge in [0.15, 0.2) is 29.9 Å². The molecule has 1 aliphatic heterocycles. The van der Waals surface area contributed by atoms with Crippen LogP contribution in [-0.2, 0) is 4.79 Å². The Balaban J connectivity index is 1.38. The molecule has 0 unspecified atom stereocenters. The van der Waals surface area contributed by atoms with E-state index in [2.05, 4.69) is 5.32 Å². The third-order valence-electron chi connectivity index (χ3n) is 6.08. The quantitative estimate of drug-likeness (QED) is 0.204. The van der Waals surface area contributed by atoms with E-state index in [-0.39, 0.29) is 32.8 Å². The number of aryl methyl sites for hydroxylation is 2. The number of nitrogens with zero attached hydrogens (tertiary/aromatic N) is 2. The lowest BCUT2D eigenvalue weighted by molar-refractivity contribution is -0.118. The molecule has 1 saturated heterocycles. The van der Waals surface area contributed by atoms with E-state index < -0.39 is 40.7 Å².